The number of benzene rings is 1. The lowest BCUT2D eigenvalue weighted by atomic mass is 10.1. The van der Waals surface area contributed by atoms with Gasteiger partial charge in [0.1, 0.15) is 0 Å². The molecular formula is C14H22ClN. The highest BCUT2D eigenvalue weighted by Gasteiger charge is 2.07. The lowest BCUT2D eigenvalue weighted by Crippen LogP contribution is -2.24. The van der Waals surface area contributed by atoms with Gasteiger partial charge in [0.05, 0.1) is 0 Å². The predicted octanol–water partition coefficient (Wildman–Crippen LogP) is 4.36. The summed E-state index contributed by atoms with van der Waals surface area (Å²) in [6, 6.07) is 6.52. The first-order valence-corrected chi connectivity index (χ1v) is 6.66. The summed E-state index contributed by atoms with van der Waals surface area (Å²) in [5.74, 6) is 0.599. The first-order chi connectivity index (χ1) is 7.72. The molecule has 0 saturated carbocycles. The van der Waals surface area contributed by atoms with E-state index in [1.807, 2.05) is 0 Å². The van der Waals surface area contributed by atoms with Gasteiger partial charge in [-0.25, -0.2) is 0 Å². The second-order valence-corrected chi connectivity index (χ2v) is 4.45. The van der Waals surface area contributed by atoms with Crippen LogP contribution in [0.25, 0.3) is 0 Å². The maximum Gasteiger partial charge on any atom is 0.0474 e. The highest BCUT2D eigenvalue weighted by atomic mass is 35.5. The Morgan fingerprint density at radius 3 is 2.50 bits per heavy atom. The molecule has 0 heterocycles. The Bertz CT molecular complexity index is 323. The zero-order valence-corrected chi connectivity index (χ0v) is 11.3. The van der Waals surface area contributed by atoms with Crippen molar-refractivity contribution in [1.82, 2.24) is 0 Å². The molecule has 90 valence electrons. The van der Waals surface area contributed by atoms with Crippen LogP contribution in [0, 0.1) is 6.92 Å². The molecule has 0 atom stereocenters. The van der Waals surface area contributed by atoms with Gasteiger partial charge in [0.25, 0.3) is 0 Å². The third-order valence-corrected chi connectivity index (χ3v) is 3.23. The molecule has 0 spiro atoms. The quantitative estimate of drug-likeness (QED) is 0.667. The molecule has 0 aromatic heterocycles. The molecular weight excluding hydrogens is 218 g/mol. The average molecular weight is 240 g/mol. The number of halogens is 1. The molecule has 0 N–H and O–H groups in total. The molecule has 1 nitrogen and oxygen atoms in total. The SMILES string of the molecule is CCCCN(CC)c1ccc(CCl)cc1C. The van der Waals surface area contributed by atoms with Crippen molar-refractivity contribution in [2.45, 2.75) is 39.5 Å². The van der Waals surface area contributed by atoms with Gasteiger partial charge in [0.15, 0.2) is 0 Å². The van der Waals surface area contributed by atoms with Crippen LogP contribution in [0.4, 0.5) is 5.69 Å². The largest absolute Gasteiger partial charge is 0.372 e. The van der Waals surface area contributed by atoms with E-state index in [2.05, 4.69) is 43.9 Å². The van der Waals surface area contributed by atoms with E-state index in [1.165, 1.54) is 29.7 Å². The van der Waals surface area contributed by atoms with E-state index >= 15 is 0 Å². The van der Waals surface area contributed by atoms with Crippen molar-refractivity contribution in [3.05, 3.63) is 29.3 Å². The Morgan fingerprint density at radius 1 is 1.25 bits per heavy atom. The minimum absolute atomic E-state index is 0.599. The van der Waals surface area contributed by atoms with Gasteiger partial charge in [-0.1, -0.05) is 25.5 Å². The lowest BCUT2D eigenvalue weighted by Gasteiger charge is -2.25. The summed E-state index contributed by atoms with van der Waals surface area (Å²) < 4.78 is 0. The summed E-state index contributed by atoms with van der Waals surface area (Å²) in [5, 5.41) is 0. The number of aryl methyl sites for hydroxylation is 1. The third-order valence-electron chi connectivity index (χ3n) is 2.92. The summed E-state index contributed by atoms with van der Waals surface area (Å²) in [6.07, 6.45) is 2.50. The Hall–Kier alpha value is -0.690. The number of unbranched alkanes of at least 4 members (excludes halogenated alkanes) is 1. The van der Waals surface area contributed by atoms with Crippen molar-refractivity contribution in [2.24, 2.45) is 0 Å². The Labute approximate surface area is 104 Å². The zero-order chi connectivity index (χ0) is 12.0. The normalized spacial score (nSPS) is 10.5. The van der Waals surface area contributed by atoms with Crippen LogP contribution in [-0.4, -0.2) is 13.1 Å². The highest BCUT2D eigenvalue weighted by Crippen LogP contribution is 2.22. The second kappa shape index (κ2) is 6.80. The van der Waals surface area contributed by atoms with E-state index in [1.54, 1.807) is 0 Å². The van der Waals surface area contributed by atoms with Crippen LogP contribution in [0.5, 0.6) is 0 Å². The molecule has 1 aromatic rings. The maximum atomic E-state index is 5.83. The van der Waals surface area contributed by atoms with E-state index in [0.717, 1.165) is 13.1 Å². The van der Waals surface area contributed by atoms with E-state index < -0.39 is 0 Å². The maximum absolute atomic E-state index is 5.83. The topological polar surface area (TPSA) is 3.24 Å². The van der Waals surface area contributed by atoms with Gasteiger partial charge in [0.2, 0.25) is 0 Å². The van der Waals surface area contributed by atoms with Gasteiger partial charge in [-0.05, 0) is 37.5 Å². The van der Waals surface area contributed by atoms with Crippen LogP contribution in [0.3, 0.4) is 0 Å². The fourth-order valence-corrected chi connectivity index (χ4v) is 2.12. The van der Waals surface area contributed by atoms with Crippen molar-refractivity contribution < 1.29 is 0 Å². The van der Waals surface area contributed by atoms with Crippen LogP contribution in [0.2, 0.25) is 0 Å². The van der Waals surface area contributed by atoms with Crippen LogP contribution < -0.4 is 4.90 Å². The molecule has 0 bridgehead atoms. The number of anilines is 1. The van der Waals surface area contributed by atoms with Gasteiger partial charge < -0.3 is 4.90 Å². The predicted molar refractivity (Wildman–Crippen MR) is 73.5 cm³/mol. The molecule has 0 fully saturated rings. The van der Waals surface area contributed by atoms with Gasteiger partial charge in [0, 0.05) is 24.7 Å². The number of nitrogens with zero attached hydrogens (tertiary/aromatic N) is 1. The molecule has 0 amide bonds. The minimum Gasteiger partial charge on any atom is -0.372 e. The van der Waals surface area contributed by atoms with Crippen molar-refractivity contribution in [3.63, 3.8) is 0 Å². The average Bonchev–Trinajstić information content (AvgIpc) is 2.31. The third kappa shape index (κ3) is 3.41. The van der Waals surface area contributed by atoms with Gasteiger partial charge in [-0.2, -0.15) is 0 Å². The lowest BCUT2D eigenvalue weighted by molar-refractivity contribution is 0.730. The summed E-state index contributed by atoms with van der Waals surface area (Å²) in [7, 11) is 0. The number of alkyl halides is 1. The Balaban J connectivity index is 2.83. The Kier molecular flexibility index (Phi) is 5.68. The number of hydrogen-bond acceptors (Lipinski definition) is 1. The van der Waals surface area contributed by atoms with Crippen LogP contribution >= 0.6 is 11.6 Å². The number of hydrogen-bond donors (Lipinski definition) is 0. The first-order valence-electron chi connectivity index (χ1n) is 6.13. The van der Waals surface area contributed by atoms with Gasteiger partial charge in [-0.3, -0.25) is 0 Å². The highest BCUT2D eigenvalue weighted by molar-refractivity contribution is 6.17. The smallest absolute Gasteiger partial charge is 0.0474 e. The molecule has 0 saturated heterocycles. The van der Waals surface area contributed by atoms with Crippen LogP contribution in [0.1, 0.15) is 37.8 Å². The van der Waals surface area contributed by atoms with Crippen molar-refractivity contribution in [3.8, 4) is 0 Å². The first kappa shape index (κ1) is 13.4. The van der Waals surface area contributed by atoms with E-state index in [9.17, 15) is 0 Å². The fourth-order valence-electron chi connectivity index (χ4n) is 1.95. The van der Waals surface area contributed by atoms with Gasteiger partial charge in [-0.15, -0.1) is 11.6 Å². The standard InChI is InChI=1S/C14H22ClN/c1-4-6-9-16(5-2)14-8-7-13(11-15)10-12(14)3/h7-8,10H,4-6,9,11H2,1-3H3. The number of rotatable bonds is 6. The molecule has 1 rings (SSSR count). The molecule has 16 heavy (non-hydrogen) atoms. The monoisotopic (exact) mass is 239 g/mol. The molecule has 0 aliphatic carbocycles. The van der Waals surface area contributed by atoms with Crippen molar-refractivity contribution in [2.75, 3.05) is 18.0 Å². The molecule has 0 aliphatic rings. The van der Waals surface area contributed by atoms with E-state index in [0.29, 0.717) is 5.88 Å². The van der Waals surface area contributed by atoms with Crippen LogP contribution in [0.15, 0.2) is 18.2 Å². The zero-order valence-electron chi connectivity index (χ0n) is 10.6. The Morgan fingerprint density at radius 2 is 2.00 bits per heavy atom. The van der Waals surface area contributed by atoms with Crippen molar-refractivity contribution in [1.29, 1.82) is 0 Å². The summed E-state index contributed by atoms with van der Waals surface area (Å²) in [4.78, 5) is 2.44. The molecule has 1 aromatic carbocycles. The van der Waals surface area contributed by atoms with Crippen LogP contribution in [-0.2, 0) is 5.88 Å². The summed E-state index contributed by atoms with van der Waals surface area (Å²) >= 11 is 5.83. The summed E-state index contributed by atoms with van der Waals surface area (Å²) in [6.45, 7) is 8.83. The van der Waals surface area contributed by atoms with E-state index in [-0.39, 0.29) is 0 Å². The van der Waals surface area contributed by atoms with E-state index in [4.69, 9.17) is 11.6 Å². The molecule has 0 radical (unpaired) electrons. The minimum atomic E-state index is 0.599. The second-order valence-electron chi connectivity index (χ2n) is 4.19. The molecule has 0 unspecified atom stereocenters. The fraction of sp³-hybridized carbons (Fsp3) is 0.571. The molecule has 2 heteroatoms. The molecule has 0 aliphatic heterocycles. The van der Waals surface area contributed by atoms with Crippen molar-refractivity contribution >= 4 is 17.3 Å². The van der Waals surface area contributed by atoms with Gasteiger partial charge >= 0.3 is 0 Å². The summed E-state index contributed by atoms with van der Waals surface area (Å²) in [5.41, 5.74) is 3.88.